The van der Waals surface area contributed by atoms with Gasteiger partial charge in [0.25, 0.3) is 5.91 Å². The molecule has 2 heterocycles. The number of benzene rings is 3. The summed E-state index contributed by atoms with van der Waals surface area (Å²) in [6.07, 6.45) is 1.72. The number of urea groups is 1. The number of aromatic hydroxyl groups is 1. The minimum absolute atomic E-state index is 0.0000692. The molecule has 0 saturated carbocycles. The van der Waals surface area contributed by atoms with Crippen LogP contribution in [0.3, 0.4) is 0 Å². The number of carbonyl (C=O) groups excluding carboxylic acids is 2. The van der Waals surface area contributed by atoms with E-state index in [4.69, 9.17) is 0 Å². The van der Waals surface area contributed by atoms with Gasteiger partial charge in [-0.05, 0) is 75.2 Å². The number of imide groups is 1. The summed E-state index contributed by atoms with van der Waals surface area (Å²) in [5.74, 6) is -0.429. The van der Waals surface area contributed by atoms with Gasteiger partial charge in [-0.25, -0.2) is 4.79 Å². The Bertz CT molecular complexity index is 1580. The predicted octanol–water partition coefficient (Wildman–Crippen LogP) is 5.10. The molecule has 3 aromatic carbocycles. The van der Waals surface area contributed by atoms with Crippen LogP contribution >= 0.6 is 0 Å². The van der Waals surface area contributed by atoms with Crippen molar-refractivity contribution in [3.63, 3.8) is 0 Å². The summed E-state index contributed by atoms with van der Waals surface area (Å²) >= 11 is 0. The number of anilines is 1. The maximum absolute atomic E-state index is 13.7. The van der Waals surface area contributed by atoms with Crippen molar-refractivity contribution in [1.29, 1.82) is 0 Å². The molecule has 1 saturated heterocycles. The average molecular weight is 525 g/mol. The molecule has 5 rings (SSSR count). The van der Waals surface area contributed by atoms with Crippen molar-refractivity contribution >= 4 is 34.7 Å². The third kappa shape index (κ3) is 4.83. The summed E-state index contributed by atoms with van der Waals surface area (Å²) < 4.78 is 0. The van der Waals surface area contributed by atoms with Gasteiger partial charge in [-0.3, -0.25) is 14.6 Å². The second-order valence-electron chi connectivity index (χ2n) is 11.0. The van der Waals surface area contributed by atoms with Crippen LogP contribution in [-0.2, 0) is 11.3 Å². The molecule has 0 spiro atoms. The number of hydrogen-bond acceptors (Lipinski definition) is 6. The second kappa shape index (κ2) is 9.58. The van der Waals surface area contributed by atoms with Crippen molar-refractivity contribution in [3.8, 4) is 11.4 Å². The van der Waals surface area contributed by atoms with Crippen molar-refractivity contribution in [2.45, 2.75) is 39.8 Å². The van der Waals surface area contributed by atoms with Gasteiger partial charge < -0.3 is 10.0 Å². The summed E-state index contributed by atoms with van der Waals surface area (Å²) in [6.45, 7) is 7.38. The van der Waals surface area contributed by atoms with Crippen molar-refractivity contribution in [2.24, 2.45) is 0 Å². The first-order valence-electron chi connectivity index (χ1n) is 12.7. The Morgan fingerprint density at radius 3 is 2.13 bits per heavy atom. The fourth-order valence-corrected chi connectivity index (χ4v) is 4.70. The monoisotopic (exact) mass is 524 g/mol. The largest absolute Gasteiger partial charge is 0.505 e. The fraction of sp³-hybridized carbons (Fsp3) is 0.267. The zero-order chi connectivity index (χ0) is 28.1. The number of phenolic OH excluding ortho intramolecular Hbond substituents is 1. The van der Waals surface area contributed by atoms with Crippen LogP contribution in [-0.4, -0.2) is 61.5 Å². The topological polar surface area (TPSA) is 94.8 Å². The molecule has 39 heavy (non-hydrogen) atoms. The molecule has 1 aromatic heterocycles. The lowest BCUT2D eigenvalue weighted by molar-refractivity contribution is -0.126. The first kappa shape index (κ1) is 26.0. The van der Waals surface area contributed by atoms with Gasteiger partial charge in [0.15, 0.2) is 0 Å². The van der Waals surface area contributed by atoms with Crippen molar-refractivity contribution in [1.82, 2.24) is 24.8 Å². The number of fused-ring (bicyclic) bond motifs is 1. The van der Waals surface area contributed by atoms with Crippen LogP contribution in [0.5, 0.6) is 5.75 Å². The Labute approximate surface area is 227 Å². The summed E-state index contributed by atoms with van der Waals surface area (Å²) in [5.41, 5.74) is 4.48. The molecule has 9 nitrogen and oxygen atoms in total. The number of hydrogen-bond donors (Lipinski definition) is 1. The van der Waals surface area contributed by atoms with Crippen LogP contribution in [0.15, 0.2) is 66.4 Å². The number of aryl methyl sites for hydroxylation is 1. The maximum atomic E-state index is 13.7. The Morgan fingerprint density at radius 1 is 0.949 bits per heavy atom. The zero-order valence-electron chi connectivity index (χ0n) is 23.0. The Morgan fingerprint density at radius 2 is 1.56 bits per heavy atom. The molecule has 0 atom stereocenters. The van der Waals surface area contributed by atoms with Crippen LogP contribution in [0.1, 0.15) is 37.5 Å². The third-order valence-electron chi connectivity index (χ3n) is 6.66. The second-order valence-corrected chi connectivity index (χ2v) is 11.0. The summed E-state index contributed by atoms with van der Waals surface area (Å²) in [6, 6.07) is 18.4. The molecule has 0 radical (unpaired) electrons. The summed E-state index contributed by atoms with van der Waals surface area (Å²) in [4.78, 5) is 33.3. The lowest BCUT2D eigenvalue weighted by Crippen LogP contribution is -2.46. The van der Waals surface area contributed by atoms with Gasteiger partial charge in [-0.1, -0.05) is 30.3 Å². The highest BCUT2D eigenvalue weighted by Crippen LogP contribution is 2.35. The Kier molecular flexibility index (Phi) is 6.38. The molecule has 4 aromatic rings. The molecule has 9 heteroatoms. The number of nitrogens with zero attached hydrogens (tertiary/aromatic N) is 6. The lowest BCUT2D eigenvalue weighted by atomic mass is 10.1. The minimum atomic E-state index is -0.727. The molecule has 3 amide bonds. The summed E-state index contributed by atoms with van der Waals surface area (Å²) in [7, 11) is 3.92. The van der Waals surface area contributed by atoms with Gasteiger partial charge in [0, 0.05) is 30.9 Å². The standard InChI is InChI=1S/C30H32N6O3/c1-19-15-21(27(37)25(16-19)36-31-23-9-7-8-10-24(23)32-36)18-34-26(28(38)35(29(34)39)30(2,3)4)17-20-11-13-22(14-12-20)33(5)6/h7-17,37H,18H2,1-6H3/b26-17+. The Hall–Kier alpha value is -4.66. The first-order chi connectivity index (χ1) is 18.4. The number of aromatic nitrogens is 3. The lowest BCUT2D eigenvalue weighted by Gasteiger charge is -2.29. The highest BCUT2D eigenvalue weighted by atomic mass is 16.3. The van der Waals surface area contributed by atoms with Gasteiger partial charge in [0.2, 0.25) is 0 Å². The highest BCUT2D eigenvalue weighted by Gasteiger charge is 2.46. The average Bonchev–Trinajstić information content (AvgIpc) is 3.40. The Balaban J connectivity index is 1.57. The molecule has 1 aliphatic heterocycles. The number of rotatable bonds is 5. The smallest absolute Gasteiger partial charge is 0.332 e. The molecular formula is C30H32N6O3. The van der Waals surface area contributed by atoms with Gasteiger partial charge in [0.05, 0.1) is 6.54 Å². The van der Waals surface area contributed by atoms with E-state index in [1.807, 2.05) is 101 Å². The van der Waals surface area contributed by atoms with Crippen LogP contribution < -0.4 is 4.90 Å². The van der Waals surface area contributed by atoms with E-state index in [-0.39, 0.29) is 23.9 Å². The van der Waals surface area contributed by atoms with Gasteiger partial charge in [-0.2, -0.15) is 0 Å². The number of amides is 3. The molecule has 1 N–H and O–H groups in total. The van der Waals surface area contributed by atoms with E-state index in [1.54, 1.807) is 12.1 Å². The molecule has 0 bridgehead atoms. The minimum Gasteiger partial charge on any atom is -0.505 e. The van der Waals surface area contributed by atoms with Gasteiger partial charge in [0.1, 0.15) is 28.2 Å². The zero-order valence-corrected chi connectivity index (χ0v) is 23.0. The van der Waals surface area contributed by atoms with Crippen LogP contribution in [0.25, 0.3) is 22.8 Å². The normalized spacial score (nSPS) is 15.2. The van der Waals surface area contributed by atoms with E-state index in [9.17, 15) is 14.7 Å². The van der Waals surface area contributed by atoms with Gasteiger partial charge in [-0.15, -0.1) is 15.0 Å². The van der Waals surface area contributed by atoms with Gasteiger partial charge >= 0.3 is 6.03 Å². The van der Waals surface area contributed by atoms with E-state index in [0.29, 0.717) is 22.3 Å². The molecule has 0 unspecified atom stereocenters. The quantitative estimate of drug-likeness (QED) is 0.288. The van der Waals surface area contributed by atoms with Crippen molar-refractivity contribution in [2.75, 3.05) is 19.0 Å². The third-order valence-corrected chi connectivity index (χ3v) is 6.66. The molecule has 0 aliphatic carbocycles. The van der Waals surface area contributed by atoms with Crippen molar-refractivity contribution in [3.05, 3.63) is 83.1 Å². The molecule has 1 fully saturated rings. The van der Waals surface area contributed by atoms with E-state index in [0.717, 1.165) is 16.8 Å². The first-order valence-corrected chi connectivity index (χ1v) is 12.7. The van der Waals surface area contributed by atoms with E-state index in [2.05, 4.69) is 10.2 Å². The highest BCUT2D eigenvalue weighted by molar-refractivity contribution is 6.14. The predicted molar refractivity (Wildman–Crippen MR) is 152 cm³/mol. The van der Waals surface area contributed by atoms with E-state index in [1.165, 1.54) is 14.6 Å². The van der Waals surface area contributed by atoms with Crippen molar-refractivity contribution < 1.29 is 14.7 Å². The van der Waals surface area contributed by atoms with E-state index >= 15 is 0 Å². The molecule has 200 valence electrons. The molecule has 1 aliphatic rings. The van der Waals surface area contributed by atoms with Crippen LogP contribution in [0.2, 0.25) is 0 Å². The summed E-state index contributed by atoms with van der Waals surface area (Å²) in [5, 5.41) is 20.3. The number of carbonyl (C=O) groups is 2. The maximum Gasteiger partial charge on any atom is 0.332 e. The fourth-order valence-electron chi connectivity index (χ4n) is 4.70. The van der Waals surface area contributed by atoms with E-state index < -0.39 is 11.6 Å². The number of phenols is 1. The van der Waals surface area contributed by atoms with Crippen LogP contribution in [0, 0.1) is 6.92 Å². The molecular weight excluding hydrogens is 492 g/mol. The van der Waals surface area contributed by atoms with Crippen LogP contribution in [0.4, 0.5) is 10.5 Å². The SMILES string of the molecule is Cc1cc(CN2C(=O)N(C(C)(C)C)C(=O)/C2=C\c2ccc(N(C)C)cc2)c(O)c(-n2nc3ccccc3n2)c1.